The van der Waals surface area contributed by atoms with Gasteiger partial charge in [0.15, 0.2) is 9.84 Å². The number of amides is 1. The zero-order valence-corrected chi connectivity index (χ0v) is 16.1. The maximum absolute atomic E-state index is 12.0. The topological polar surface area (TPSA) is 89.3 Å². The van der Waals surface area contributed by atoms with Crippen molar-refractivity contribution in [1.82, 2.24) is 5.32 Å². The fourth-order valence-electron chi connectivity index (χ4n) is 2.24. The number of halogens is 1. The molecule has 1 amide bonds. The predicted octanol–water partition coefficient (Wildman–Crippen LogP) is 2.09. The molecular formula is C17H29ClN2O3S. The fourth-order valence-corrected chi connectivity index (χ4v) is 3.47. The molecule has 0 aliphatic heterocycles. The van der Waals surface area contributed by atoms with Crippen molar-refractivity contribution in [2.24, 2.45) is 5.73 Å². The Kier molecular flexibility index (Phi) is 10.2. The Bertz CT molecular complexity index is 587. The number of carbonyl (C=O) groups is 1. The van der Waals surface area contributed by atoms with Gasteiger partial charge < -0.3 is 11.1 Å². The Hall–Kier alpha value is -1.11. The van der Waals surface area contributed by atoms with E-state index >= 15 is 0 Å². The van der Waals surface area contributed by atoms with E-state index in [4.69, 9.17) is 5.73 Å². The smallest absolute Gasteiger partial charge is 0.235 e. The molecule has 1 rings (SSSR count). The molecule has 5 nitrogen and oxygen atoms in total. The van der Waals surface area contributed by atoms with Crippen molar-refractivity contribution in [2.45, 2.75) is 45.1 Å². The minimum absolute atomic E-state index is 0. The normalized spacial score (nSPS) is 11.6. The van der Waals surface area contributed by atoms with Crippen LogP contribution in [-0.4, -0.2) is 37.9 Å². The molecule has 0 radical (unpaired) electrons. The SMILES string of the molecule is CCC(N)(CC)CNC(=O)CS(=O)(=O)CCCc1ccccc1.Cl. The van der Waals surface area contributed by atoms with Crippen LogP contribution in [0, 0.1) is 0 Å². The maximum Gasteiger partial charge on any atom is 0.235 e. The van der Waals surface area contributed by atoms with Crippen LogP contribution in [0.4, 0.5) is 0 Å². The number of nitrogens with two attached hydrogens (primary N) is 1. The lowest BCUT2D eigenvalue weighted by Gasteiger charge is -2.26. The number of carbonyl (C=O) groups excluding carboxylic acids is 1. The Morgan fingerprint density at radius 3 is 2.29 bits per heavy atom. The van der Waals surface area contributed by atoms with Gasteiger partial charge in [-0.3, -0.25) is 4.79 Å². The van der Waals surface area contributed by atoms with Gasteiger partial charge >= 0.3 is 0 Å². The van der Waals surface area contributed by atoms with Crippen LogP contribution in [0.2, 0.25) is 0 Å². The molecule has 0 unspecified atom stereocenters. The standard InChI is InChI=1S/C17H28N2O3S.ClH/c1-3-17(18,4-2)14-19-16(20)13-23(21,22)12-8-11-15-9-6-5-7-10-15;/h5-7,9-10H,3-4,8,11-14,18H2,1-2H3,(H,19,20);1H. The van der Waals surface area contributed by atoms with Gasteiger partial charge in [0.2, 0.25) is 5.91 Å². The molecule has 0 saturated heterocycles. The van der Waals surface area contributed by atoms with E-state index < -0.39 is 27.0 Å². The van der Waals surface area contributed by atoms with E-state index in [2.05, 4.69) is 5.32 Å². The van der Waals surface area contributed by atoms with Crippen LogP contribution >= 0.6 is 12.4 Å². The van der Waals surface area contributed by atoms with Crippen molar-refractivity contribution in [3.05, 3.63) is 35.9 Å². The van der Waals surface area contributed by atoms with Gasteiger partial charge in [0, 0.05) is 12.1 Å². The lowest BCUT2D eigenvalue weighted by Crippen LogP contribution is -2.50. The monoisotopic (exact) mass is 376 g/mol. The number of benzene rings is 1. The van der Waals surface area contributed by atoms with E-state index in [1.807, 2.05) is 44.2 Å². The number of hydrogen-bond donors (Lipinski definition) is 2. The maximum atomic E-state index is 12.0. The second-order valence-corrected chi connectivity index (χ2v) is 8.21. The second kappa shape index (κ2) is 10.7. The third-order valence-corrected chi connectivity index (χ3v) is 5.77. The third-order valence-electron chi connectivity index (χ3n) is 4.16. The molecule has 7 heteroatoms. The largest absolute Gasteiger partial charge is 0.353 e. The third kappa shape index (κ3) is 8.66. The molecule has 1 aromatic rings. The number of aryl methyl sites for hydroxylation is 1. The molecular weight excluding hydrogens is 348 g/mol. The first-order valence-corrected chi connectivity index (χ1v) is 9.92. The summed E-state index contributed by atoms with van der Waals surface area (Å²) in [5.74, 6) is -0.919. The zero-order valence-electron chi connectivity index (χ0n) is 14.5. The van der Waals surface area contributed by atoms with E-state index in [1.165, 1.54) is 0 Å². The molecule has 0 aliphatic carbocycles. The first-order valence-electron chi connectivity index (χ1n) is 8.10. The van der Waals surface area contributed by atoms with Crippen LogP contribution in [0.3, 0.4) is 0 Å². The summed E-state index contributed by atoms with van der Waals surface area (Å²) >= 11 is 0. The molecule has 24 heavy (non-hydrogen) atoms. The highest BCUT2D eigenvalue weighted by Gasteiger charge is 2.22. The summed E-state index contributed by atoms with van der Waals surface area (Å²) in [5.41, 5.74) is 6.73. The van der Waals surface area contributed by atoms with Crippen LogP contribution in [0.1, 0.15) is 38.7 Å². The van der Waals surface area contributed by atoms with Gasteiger partial charge in [-0.15, -0.1) is 12.4 Å². The van der Waals surface area contributed by atoms with Crippen molar-refractivity contribution in [2.75, 3.05) is 18.1 Å². The highest BCUT2D eigenvalue weighted by atomic mass is 35.5. The van der Waals surface area contributed by atoms with E-state index in [0.29, 0.717) is 19.4 Å². The van der Waals surface area contributed by atoms with Crippen LogP contribution < -0.4 is 11.1 Å². The van der Waals surface area contributed by atoms with Gasteiger partial charge in [0.25, 0.3) is 0 Å². The van der Waals surface area contributed by atoms with E-state index in [1.54, 1.807) is 0 Å². The Morgan fingerprint density at radius 2 is 1.75 bits per heavy atom. The molecule has 1 aromatic carbocycles. The average Bonchev–Trinajstić information content (AvgIpc) is 2.53. The number of sulfone groups is 1. The number of nitrogens with one attached hydrogen (secondary N) is 1. The van der Waals surface area contributed by atoms with Gasteiger partial charge in [-0.05, 0) is 31.2 Å². The summed E-state index contributed by atoms with van der Waals surface area (Å²) < 4.78 is 24.0. The molecule has 0 aliphatic rings. The lowest BCUT2D eigenvalue weighted by atomic mass is 9.94. The summed E-state index contributed by atoms with van der Waals surface area (Å²) in [6.07, 6.45) is 2.67. The Labute approximate surface area is 151 Å². The first-order chi connectivity index (χ1) is 10.8. The van der Waals surface area contributed by atoms with Crippen LogP contribution in [0.25, 0.3) is 0 Å². The number of hydrogen-bond acceptors (Lipinski definition) is 4. The second-order valence-electron chi connectivity index (χ2n) is 6.03. The van der Waals surface area contributed by atoms with E-state index in [9.17, 15) is 13.2 Å². The molecule has 0 bridgehead atoms. The molecule has 0 aromatic heterocycles. The predicted molar refractivity (Wildman–Crippen MR) is 101 cm³/mol. The number of rotatable bonds is 10. The summed E-state index contributed by atoms with van der Waals surface area (Å²) in [6.45, 7) is 4.21. The van der Waals surface area contributed by atoms with Gasteiger partial charge in [-0.2, -0.15) is 0 Å². The minimum atomic E-state index is -3.38. The van der Waals surface area contributed by atoms with Crippen molar-refractivity contribution >= 4 is 28.2 Å². The molecule has 138 valence electrons. The fraction of sp³-hybridized carbons (Fsp3) is 0.588. The average molecular weight is 377 g/mol. The first kappa shape index (κ1) is 22.9. The quantitative estimate of drug-likeness (QED) is 0.654. The summed E-state index contributed by atoms with van der Waals surface area (Å²) in [7, 11) is -3.38. The Morgan fingerprint density at radius 1 is 1.17 bits per heavy atom. The molecule has 3 N–H and O–H groups in total. The van der Waals surface area contributed by atoms with Crippen LogP contribution in [-0.2, 0) is 21.1 Å². The minimum Gasteiger partial charge on any atom is -0.353 e. The highest BCUT2D eigenvalue weighted by Crippen LogP contribution is 2.09. The highest BCUT2D eigenvalue weighted by molar-refractivity contribution is 7.92. The van der Waals surface area contributed by atoms with Crippen molar-refractivity contribution in [3.8, 4) is 0 Å². The van der Waals surface area contributed by atoms with E-state index in [0.717, 1.165) is 18.4 Å². The van der Waals surface area contributed by atoms with Gasteiger partial charge in [0.05, 0.1) is 5.75 Å². The van der Waals surface area contributed by atoms with Gasteiger partial charge in [0.1, 0.15) is 5.75 Å². The van der Waals surface area contributed by atoms with E-state index in [-0.39, 0.29) is 18.2 Å². The summed E-state index contributed by atoms with van der Waals surface area (Å²) in [4.78, 5) is 11.8. The van der Waals surface area contributed by atoms with Gasteiger partial charge in [-0.1, -0.05) is 44.2 Å². The Balaban J connectivity index is 0.00000529. The van der Waals surface area contributed by atoms with Crippen LogP contribution in [0.5, 0.6) is 0 Å². The molecule has 0 saturated carbocycles. The van der Waals surface area contributed by atoms with Crippen molar-refractivity contribution in [3.63, 3.8) is 0 Å². The van der Waals surface area contributed by atoms with Gasteiger partial charge in [-0.25, -0.2) is 8.42 Å². The van der Waals surface area contributed by atoms with Crippen molar-refractivity contribution in [1.29, 1.82) is 0 Å². The molecule has 0 fully saturated rings. The molecule has 0 heterocycles. The van der Waals surface area contributed by atoms with Crippen LogP contribution in [0.15, 0.2) is 30.3 Å². The lowest BCUT2D eigenvalue weighted by molar-refractivity contribution is -0.118. The molecule has 0 atom stereocenters. The zero-order chi connectivity index (χ0) is 17.3. The summed E-state index contributed by atoms with van der Waals surface area (Å²) in [6, 6.07) is 9.72. The molecule has 0 spiro atoms. The summed E-state index contributed by atoms with van der Waals surface area (Å²) in [5, 5.41) is 2.65. The van der Waals surface area contributed by atoms with Crippen molar-refractivity contribution < 1.29 is 13.2 Å².